The van der Waals surface area contributed by atoms with E-state index in [9.17, 15) is 4.79 Å². The molecule has 0 bridgehead atoms. The summed E-state index contributed by atoms with van der Waals surface area (Å²) < 4.78 is 0. The highest BCUT2D eigenvalue weighted by Gasteiger charge is 2.13. The van der Waals surface area contributed by atoms with Crippen LogP contribution in [-0.4, -0.2) is 10.9 Å². The Morgan fingerprint density at radius 2 is 1.95 bits per heavy atom. The zero-order chi connectivity index (χ0) is 15.4. The minimum absolute atomic E-state index is 0.440. The third-order valence-corrected chi connectivity index (χ3v) is 3.28. The van der Waals surface area contributed by atoms with E-state index in [4.69, 9.17) is 11.5 Å². The minimum Gasteiger partial charge on any atom is -0.365 e. The molecule has 0 radical (unpaired) electrons. The summed E-state index contributed by atoms with van der Waals surface area (Å²) in [4.78, 5) is 16.0. The molecule has 1 heterocycles. The maximum absolute atomic E-state index is 11.6. The Morgan fingerprint density at radius 3 is 2.62 bits per heavy atom. The molecule has 5 N–H and O–H groups in total. The van der Waals surface area contributed by atoms with Gasteiger partial charge in [0.05, 0.1) is 5.56 Å². The fourth-order valence-corrected chi connectivity index (χ4v) is 2.33. The van der Waals surface area contributed by atoms with Gasteiger partial charge in [0.25, 0.3) is 5.91 Å². The van der Waals surface area contributed by atoms with Gasteiger partial charge in [-0.25, -0.2) is 4.98 Å². The Morgan fingerprint density at radius 1 is 1.24 bits per heavy atom. The summed E-state index contributed by atoms with van der Waals surface area (Å²) in [6.45, 7) is 4.80. The molecule has 0 aliphatic heterocycles. The lowest BCUT2D eigenvalue weighted by molar-refractivity contribution is 0.1000. The quantitative estimate of drug-likeness (QED) is 0.781. The standard InChI is InChI=1S/C16H20N4O/c1-10-6-11(2)20-16(14(10)15(18)21)19-9-13-5-3-4-12(7-13)8-17/h3-7H,8-9,17H2,1-2H3,(H2,18,21)(H,19,20). The van der Waals surface area contributed by atoms with E-state index in [0.29, 0.717) is 24.5 Å². The SMILES string of the molecule is Cc1cc(C)c(C(N)=O)c(NCc2cccc(CN)c2)n1. The maximum Gasteiger partial charge on any atom is 0.252 e. The number of aromatic nitrogens is 1. The van der Waals surface area contributed by atoms with Crippen LogP contribution < -0.4 is 16.8 Å². The normalized spacial score (nSPS) is 10.4. The molecule has 5 nitrogen and oxygen atoms in total. The molecule has 1 aromatic carbocycles. The average Bonchev–Trinajstić information content (AvgIpc) is 2.44. The van der Waals surface area contributed by atoms with Crippen LogP contribution in [0.1, 0.15) is 32.7 Å². The first kappa shape index (κ1) is 15.0. The van der Waals surface area contributed by atoms with Crippen molar-refractivity contribution in [3.63, 3.8) is 0 Å². The molecule has 5 heteroatoms. The van der Waals surface area contributed by atoms with Crippen LogP contribution in [0.25, 0.3) is 0 Å². The third kappa shape index (κ3) is 3.58. The Hall–Kier alpha value is -2.40. The monoisotopic (exact) mass is 284 g/mol. The zero-order valence-corrected chi connectivity index (χ0v) is 12.3. The number of hydrogen-bond donors (Lipinski definition) is 3. The summed E-state index contributed by atoms with van der Waals surface area (Å²) in [6, 6.07) is 9.81. The molecule has 1 amide bonds. The lowest BCUT2D eigenvalue weighted by Gasteiger charge is -2.13. The number of benzene rings is 1. The Balaban J connectivity index is 2.25. The maximum atomic E-state index is 11.6. The number of hydrogen-bond acceptors (Lipinski definition) is 4. The lowest BCUT2D eigenvalue weighted by atomic mass is 10.1. The Kier molecular flexibility index (Phi) is 4.55. The highest BCUT2D eigenvalue weighted by atomic mass is 16.1. The first-order valence-corrected chi connectivity index (χ1v) is 6.81. The molecule has 0 atom stereocenters. The summed E-state index contributed by atoms with van der Waals surface area (Å²) >= 11 is 0. The predicted molar refractivity (Wildman–Crippen MR) is 83.9 cm³/mol. The number of nitrogens with one attached hydrogen (secondary N) is 1. The van der Waals surface area contributed by atoms with E-state index in [1.165, 1.54) is 0 Å². The second kappa shape index (κ2) is 6.37. The number of primary amides is 1. The van der Waals surface area contributed by atoms with Crippen molar-refractivity contribution >= 4 is 11.7 Å². The van der Waals surface area contributed by atoms with Gasteiger partial charge in [0.1, 0.15) is 5.82 Å². The minimum atomic E-state index is -0.474. The van der Waals surface area contributed by atoms with Crippen molar-refractivity contribution in [2.24, 2.45) is 11.5 Å². The molecule has 0 fully saturated rings. The molecule has 2 rings (SSSR count). The molecule has 0 aliphatic rings. The van der Waals surface area contributed by atoms with Crippen LogP contribution in [0.3, 0.4) is 0 Å². The average molecular weight is 284 g/mol. The van der Waals surface area contributed by atoms with Gasteiger partial charge in [-0.05, 0) is 36.6 Å². The zero-order valence-electron chi connectivity index (χ0n) is 12.3. The molecule has 0 saturated heterocycles. The van der Waals surface area contributed by atoms with Gasteiger partial charge in [0.2, 0.25) is 0 Å². The molecule has 110 valence electrons. The summed E-state index contributed by atoms with van der Waals surface area (Å²) in [5.74, 6) is 0.0522. The number of nitrogens with two attached hydrogens (primary N) is 2. The summed E-state index contributed by atoms with van der Waals surface area (Å²) in [6.07, 6.45) is 0. The summed E-state index contributed by atoms with van der Waals surface area (Å²) in [5, 5.41) is 3.19. The fraction of sp³-hybridized carbons (Fsp3) is 0.250. The van der Waals surface area contributed by atoms with Crippen LogP contribution in [0.2, 0.25) is 0 Å². The first-order chi connectivity index (χ1) is 10.0. The second-order valence-corrected chi connectivity index (χ2v) is 5.05. The number of carbonyl (C=O) groups excluding carboxylic acids is 1. The molecule has 0 saturated carbocycles. The molecule has 0 spiro atoms. The van der Waals surface area contributed by atoms with E-state index in [0.717, 1.165) is 22.4 Å². The van der Waals surface area contributed by atoms with Gasteiger partial charge in [0.15, 0.2) is 0 Å². The topological polar surface area (TPSA) is 94.0 Å². The van der Waals surface area contributed by atoms with Crippen LogP contribution in [0.5, 0.6) is 0 Å². The highest BCUT2D eigenvalue weighted by Crippen LogP contribution is 2.19. The van der Waals surface area contributed by atoms with E-state index in [1.54, 1.807) is 0 Å². The molecule has 1 aromatic heterocycles. The molecular weight excluding hydrogens is 264 g/mol. The van der Waals surface area contributed by atoms with Gasteiger partial charge >= 0.3 is 0 Å². The van der Waals surface area contributed by atoms with Crippen LogP contribution in [0.15, 0.2) is 30.3 Å². The first-order valence-electron chi connectivity index (χ1n) is 6.81. The number of rotatable bonds is 5. The van der Waals surface area contributed by atoms with Crippen LogP contribution in [0.4, 0.5) is 5.82 Å². The van der Waals surface area contributed by atoms with E-state index in [-0.39, 0.29) is 0 Å². The van der Waals surface area contributed by atoms with Crippen molar-refractivity contribution in [3.05, 3.63) is 58.3 Å². The lowest BCUT2D eigenvalue weighted by Crippen LogP contribution is -2.17. The fourth-order valence-electron chi connectivity index (χ4n) is 2.33. The van der Waals surface area contributed by atoms with Gasteiger partial charge in [-0.15, -0.1) is 0 Å². The largest absolute Gasteiger partial charge is 0.365 e. The van der Waals surface area contributed by atoms with Crippen molar-refractivity contribution in [3.8, 4) is 0 Å². The predicted octanol–water partition coefficient (Wildman–Crippen LogP) is 1.87. The Bertz CT molecular complexity index is 667. The van der Waals surface area contributed by atoms with Crippen LogP contribution in [0, 0.1) is 13.8 Å². The molecular formula is C16H20N4O. The molecule has 21 heavy (non-hydrogen) atoms. The van der Waals surface area contributed by atoms with Crippen molar-refractivity contribution in [1.82, 2.24) is 4.98 Å². The molecule has 2 aromatic rings. The van der Waals surface area contributed by atoms with Crippen molar-refractivity contribution < 1.29 is 4.79 Å². The van der Waals surface area contributed by atoms with Crippen molar-refractivity contribution in [1.29, 1.82) is 0 Å². The number of aryl methyl sites for hydroxylation is 2. The molecule has 0 unspecified atom stereocenters. The van der Waals surface area contributed by atoms with Gasteiger partial charge < -0.3 is 16.8 Å². The smallest absolute Gasteiger partial charge is 0.252 e. The van der Waals surface area contributed by atoms with Crippen molar-refractivity contribution in [2.75, 3.05) is 5.32 Å². The van der Waals surface area contributed by atoms with Gasteiger partial charge in [0, 0.05) is 18.8 Å². The van der Waals surface area contributed by atoms with Crippen molar-refractivity contribution in [2.45, 2.75) is 26.9 Å². The van der Waals surface area contributed by atoms with E-state index in [1.807, 2.05) is 44.2 Å². The van der Waals surface area contributed by atoms with Gasteiger partial charge in [-0.2, -0.15) is 0 Å². The number of anilines is 1. The number of pyridine rings is 1. The van der Waals surface area contributed by atoms with Gasteiger partial charge in [-0.1, -0.05) is 24.3 Å². The highest BCUT2D eigenvalue weighted by molar-refractivity contribution is 5.99. The molecule has 0 aliphatic carbocycles. The number of carbonyl (C=O) groups is 1. The van der Waals surface area contributed by atoms with Gasteiger partial charge in [-0.3, -0.25) is 4.79 Å². The number of amides is 1. The third-order valence-electron chi connectivity index (χ3n) is 3.28. The van der Waals surface area contributed by atoms with E-state index in [2.05, 4.69) is 10.3 Å². The second-order valence-electron chi connectivity index (χ2n) is 5.05. The number of nitrogens with zero attached hydrogens (tertiary/aromatic N) is 1. The van der Waals surface area contributed by atoms with E-state index < -0.39 is 5.91 Å². The summed E-state index contributed by atoms with van der Waals surface area (Å²) in [7, 11) is 0. The van der Waals surface area contributed by atoms with E-state index >= 15 is 0 Å². The van der Waals surface area contributed by atoms with Crippen LogP contribution in [-0.2, 0) is 13.1 Å². The summed E-state index contributed by atoms with van der Waals surface area (Å²) in [5.41, 5.74) is 15.3. The van der Waals surface area contributed by atoms with Crippen LogP contribution >= 0.6 is 0 Å². The Labute approximate surface area is 124 Å².